The van der Waals surface area contributed by atoms with Crippen LogP contribution in [0.4, 0.5) is 0 Å². The van der Waals surface area contributed by atoms with Crippen LogP contribution in [-0.2, 0) is 0 Å². The molecule has 0 fully saturated rings. The molecule has 0 radical (unpaired) electrons. The first-order valence-corrected chi connectivity index (χ1v) is 21.2. The van der Waals surface area contributed by atoms with E-state index in [1.807, 2.05) is 0 Å². The lowest BCUT2D eigenvalue weighted by Crippen LogP contribution is -2.50. The molecule has 264 valence electrons. The topological polar surface area (TPSA) is 0 Å². The molecule has 0 aliphatic carbocycles. The Morgan fingerprint density at radius 2 is 0.523 bits per heavy atom. The summed E-state index contributed by atoms with van der Waals surface area (Å²) < 4.78 is 1.39. The normalized spacial score (nSPS) is 12.2. The highest BCUT2D eigenvalue weighted by Gasteiger charge is 2.24. The molecule has 0 heterocycles. The van der Waals surface area contributed by atoms with Crippen LogP contribution in [0.5, 0.6) is 0 Å². The molecule has 1 nitrogen and oxygen atoms in total. The molecule has 0 saturated heterocycles. The van der Waals surface area contributed by atoms with Crippen molar-refractivity contribution in [1.82, 2.24) is 0 Å². The van der Waals surface area contributed by atoms with Crippen LogP contribution in [0.2, 0.25) is 0 Å². The first-order valence-electron chi connectivity index (χ1n) is 21.2. The maximum atomic E-state index is 2.63. The van der Waals surface area contributed by atoms with Crippen molar-refractivity contribution in [3.8, 4) is 0 Å². The van der Waals surface area contributed by atoms with E-state index >= 15 is 0 Å². The highest BCUT2D eigenvalue weighted by Crippen LogP contribution is 2.20. The molecule has 0 spiro atoms. The average Bonchev–Trinajstić information content (AvgIpc) is 3.03. The van der Waals surface area contributed by atoms with Gasteiger partial charge >= 0.3 is 0 Å². The van der Waals surface area contributed by atoms with Gasteiger partial charge in [-0.2, -0.15) is 0 Å². The van der Waals surface area contributed by atoms with E-state index in [4.69, 9.17) is 0 Å². The first kappa shape index (κ1) is 43.7. The molecule has 0 rings (SSSR count). The Bertz CT molecular complexity index is 496. The molecular formula is C43H88N+. The lowest BCUT2D eigenvalue weighted by molar-refractivity contribution is -0.923. The maximum absolute atomic E-state index is 2.63. The predicted molar refractivity (Wildman–Crippen MR) is 204 cm³/mol. The van der Waals surface area contributed by atoms with E-state index < -0.39 is 0 Å². The molecule has 0 N–H and O–H groups in total. The minimum Gasteiger partial charge on any atom is -0.320 e. The second-order valence-electron chi connectivity index (χ2n) is 14.9. The van der Waals surface area contributed by atoms with Gasteiger partial charge in [-0.1, -0.05) is 194 Å². The van der Waals surface area contributed by atoms with Gasteiger partial charge < -0.3 is 4.48 Å². The Balaban J connectivity index is 4.52. The third kappa shape index (κ3) is 31.7. The minimum absolute atomic E-state index is 1.30. The Labute approximate surface area is 281 Å². The largest absolute Gasteiger partial charge is 0.320 e. The molecule has 0 atom stereocenters. The van der Waals surface area contributed by atoms with Crippen LogP contribution >= 0.6 is 0 Å². The Kier molecular flexibility index (Phi) is 36.9. The van der Waals surface area contributed by atoms with Crippen molar-refractivity contribution in [1.29, 1.82) is 0 Å². The molecule has 0 aromatic heterocycles. The Morgan fingerprint density at radius 1 is 0.273 bits per heavy atom. The maximum Gasteiger partial charge on any atom is 0.0973 e. The average molecular weight is 619 g/mol. The molecule has 1 heteroatoms. The van der Waals surface area contributed by atoms with Gasteiger partial charge in [0, 0.05) is 0 Å². The molecule has 0 aromatic carbocycles. The van der Waals surface area contributed by atoms with Crippen molar-refractivity contribution < 1.29 is 4.48 Å². The summed E-state index contributed by atoms with van der Waals surface area (Å²) in [5, 5.41) is 0. The zero-order valence-corrected chi connectivity index (χ0v) is 31.8. The predicted octanol–water partition coefficient (Wildman–Crippen LogP) is 15.3. The fourth-order valence-corrected chi connectivity index (χ4v) is 7.16. The molecule has 0 aromatic rings. The second-order valence-corrected chi connectivity index (χ2v) is 14.9. The quantitative estimate of drug-likeness (QED) is 0.0367. The van der Waals surface area contributed by atoms with Crippen LogP contribution in [0.3, 0.4) is 0 Å². The van der Waals surface area contributed by atoms with Gasteiger partial charge in [0.1, 0.15) is 0 Å². The number of rotatable bonds is 38. The van der Waals surface area contributed by atoms with Crippen molar-refractivity contribution in [2.75, 3.05) is 26.2 Å². The van der Waals surface area contributed by atoms with E-state index in [0.717, 1.165) is 0 Å². The van der Waals surface area contributed by atoms with Gasteiger partial charge in [0.2, 0.25) is 0 Å². The number of hydrogen-bond acceptors (Lipinski definition) is 0. The molecule has 0 bridgehead atoms. The zero-order valence-electron chi connectivity index (χ0n) is 31.8. The summed E-state index contributed by atoms with van der Waals surface area (Å²) in [6.07, 6.45) is 52.7. The Morgan fingerprint density at radius 3 is 0.818 bits per heavy atom. The highest BCUT2D eigenvalue weighted by molar-refractivity contribution is 4.82. The molecule has 0 saturated carbocycles. The summed E-state index contributed by atoms with van der Waals surface area (Å²) in [5.74, 6) is 0. The molecule has 0 amide bonds. The van der Waals surface area contributed by atoms with Crippen molar-refractivity contribution in [3.63, 3.8) is 0 Å². The van der Waals surface area contributed by atoms with Crippen molar-refractivity contribution >= 4 is 0 Å². The van der Waals surface area contributed by atoms with Gasteiger partial charge in [-0.15, -0.1) is 0 Å². The van der Waals surface area contributed by atoms with E-state index in [1.54, 1.807) is 0 Å². The summed E-state index contributed by atoms with van der Waals surface area (Å²) in [7, 11) is 0. The molecule has 0 aliphatic rings. The third-order valence-electron chi connectivity index (χ3n) is 10.3. The second kappa shape index (κ2) is 37.2. The van der Waals surface area contributed by atoms with Crippen molar-refractivity contribution in [3.05, 3.63) is 12.2 Å². The van der Waals surface area contributed by atoms with Gasteiger partial charge in [-0.3, -0.25) is 0 Å². The van der Waals surface area contributed by atoms with Crippen LogP contribution in [-0.4, -0.2) is 30.7 Å². The minimum atomic E-state index is 1.30. The fraction of sp³-hybridized carbons (Fsp3) is 0.953. The molecular weight excluding hydrogens is 530 g/mol. The number of quaternary nitrogens is 1. The van der Waals surface area contributed by atoms with Crippen molar-refractivity contribution in [2.45, 2.75) is 240 Å². The van der Waals surface area contributed by atoms with Gasteiger partial charge in [-0.05, 0) is 57.4 Å². The van der Waals surface area contributed by atoms with Gasteiger partial charge in [0.15, 0.2) is 0 Å². The monoisotopic (exact) mass is 619 g/mol. The highest BCUT2D eigenvalue weighted by atomic mass is 15.3. The fourth-order valence-electron chi connectivity index (χ4n) is 7.16. The van der Waals surface area contributed by atoms with Gasteiger partial charge in [-0.25, -0.2) is 0 Å². The summed E-state index contributed by atoms with van der Waals surface area (Å²) in [4.78, 5) is 0. The van der Waals surface area contributed by atoms with Crippen molar-refractivity contribution in [2.24, 2.45) is 0 Å². The number of hydrogen-bond donors (Lipinski definition) is 0. The van der Waals surface area contributed by atoms with E-state index in [9.17, 15) is 0 Å². The lowest BCUT2D eigenvalue weighted by atomic mass is 10.0. The van der Waals surface area contributed by atoms with Gasteiger partial charge in [0.05, 0.1) is 26.2 Å². The van der Waals surface area contributed by atoms with Crippen LogP contribution in [0.1, 0.15) is 240 Å². The molecule has 0 unspecified atom stereocenters. The standard InChI is InChI=1S/C43H88N/c1-5-9-13-17-21-22-23-24-25-26-27-28-29-30-31-35-39-43-44(40-36-32-18-14-10-6-2,41-37-33-19-15-11-7-3)42-38-34-20-16-12-8-4/h35,39H,5-34,36-38,40-43H2,1-4H3/q+1. The summed E-state index contributed by atoms with van der Waals surface area (Å²) in [6.45, 7) is 14.9. The van der Waals surface area contributed by atoms with E-state index in [-0.39, 0.29) is 0 Å². The molecule has 0 aliphatic heterocycles. The summed E-state index contributed by atoms with van der Waals surface area (Å²) >= 11 is 0. The van der Waals surface area contributed by atoms with Crippen LogP contribution in [0.25, 0.3) is 0 Å². The molecule has 44 heavy (non-hydrogen) atoms. The number of nitrogens with zero attached hydrogens (tertiary/aromatic N) is 1. The number of unbranched alkanes of at least 4 members (excludes halogenated alkanes) is 29. The van der Waals surface area contributed by atoms with E-state index in [0.29, 0.717) is 0 Å². The smallest absolute Gasteiger partial charge is 0.0973 e. The third-order valence-corrected chi connectivity index (χ3v) is 10.3. The lowest BCUT2D eigenvalue weighted by Gasteiger charge is -2.39. The van der Waals surface area contributed by atoms with E-state index in [2.05, 4.69) is 39.8 Å². The number of allylic oxidation sites excluding steroid dienone is 1. The van der Waals surface area contributed by atoms with Crippen LogP contribution in [0.15, 0.2) is 12.2 Å². The van der Waals surface area contributed by atoms with E-state index in [1.165, 1.54) is 243 Å². The van der Waals surface area contributed by atoms with Crippen LogP contribution < -0.4 is 0 Å². The summed E-state index contributed by atoms with van der Waals surface area (Å²) in [5.41, 5.74) is 0. The SMILES string of the molecule is CCCCCCCCCCCCCCCCC=CC[N+](CCCCCCCC)(CCCCCCCC)CCCCCCCC. The summed E-state index contributed by atoms with van der Waals surface area (Å²) in [6, 6.07) is 0. The Hall–Kier alpha value is -0.300. The zero-order chi connectivity index (χ0) is 32.1. The van der Waals surface area contributed by atoms with Crippen LogP contribution in [0, 0.1) is 0 Å². The van der Waals surface area contributed by atoms with Gasteiger partial charge in [0.25, 0.3) is 0 Å². The first-order chi connectivity index (χ1) is 21.7.